The molecule has 1 aromatic rings. The molecule has 0 spiro atoms. The van der Waals surface area contributed by atoms with Crippen LogP contribution in [0.2, 0.25) is 0 Å². The maximum atomic E-state index is 13.3. The number of likely N-dealkylation sites (N-methyl/N-ethyl adjacent to an activating group) is 1. The Morgan fingerprint density at radius 1 is 1.29 bits per heavy atom. The SMILES string of the molecule is CN1C(=O)CN(Cc2ccc(F)cc2F)C1=O. The van der Waals surface area contributed by atoms with Crippen LogP contribution in [0.15, 0.2) is 18.2 Å². The molecule has 6 heteroatoms. The normalized spacial score (nSPS) is 15.9. The van der Waals surface area contributed by atoms with E-state index in [1.807, 2.05) is 0 Å². The summed E-state index contributed by atoms with van der Waals surface area (Å²) in [6.45, 7) is -0.118. The molecule has 1 aliphatic rings. The van der Waals surface area contributed by atoms with Crippen molar-refractivity contribution in [3.05, 3.63) is 35.4 Å². The minimum Gasteiger partial charge on any atom is -0.311 e. The first kappa shape index (κ1) is 11.5. The van der Waals surface area contributed by atoms with Gasteiger partial charge < -0.3 is 4.90 Å². The second-order valence-electron chi connectivity index (χ2n) is 3.83. The summed E-state index contributed by atoms with van der Waals surface area (Å²) in [5.74, 6) is -1.73. The van der Waals surface area contributed by atoms with Gasteiger partial charge in [0.05, 0.1) is 6.54 Å². The summed E-state index contributed by atoms with van der Waals surface area (Å²) in [7, 11) is 1.37. The summed E-state index contributed by atoms with van der Waals surface area (Å²) in [5, 5.41) is 0. The molecule has 0 atom stereocenters. The molecule has 0 N–H and O–H groups in total. The summed E-state index contributed by atoms with van der Waals surface area (Å²) >= 11 is 0. The summed E-state index contributed by atoms with van der Waals surface area (Å²) in [6.07, 6.45) is 0. The van der Waals surface area contributed by atoms with Gasteiger partial charge in [-0.1, -0.05) is 6.07 Å². The van der Waals surface area contributed by atoms with Gasteiger partial charge in [-0.2, -0.15) is 0 Å². The molecular formula is C11H10F2N2O2. The Balaban J connectivity index is 2.17. The number of hydrogen-bond donors (Lipinski definition) is 0. The number of hydrogen-bond acceptors (Lipinski definition) is 2. The number of amides is 3. The Labute approximate surface area is 96.4 Å². The van der Waals surface area contributed by atoms with Crippen molar-refractivity contribution in [2.45, 2.75) is 6.54 Å². The van der Waals surface area contributed by atoms with Gasteiger partial charge in [-0.25, -0.2) is 13.6 Å². The highest BCUT2D eigenvalue weighted by Gasteiger charge is 2.33. The molecule has 4 nitrogen and oxygen atoms in total. The number of imide groups is 1. The van der Waals surface area contributed by atoms with Crippen molar-refractivity contribution in [2.24, 2.45) is 0 Å². The predicted molar refractivity (Wildman–Crippen MR) is 54.9 cm³/mol. The van der Waals surface area contributed by atoms with Gasteiger partial charge in [-0.05, 0) is 6.07 Å². The van der Waals surface area contributed by atoms with Crippen molar-refractivity contribution in [1.82, 2.24) is 9.80 Å². The van der Waals surface area contributed by atoms with Crippen LogP contribution in [0, 0.1) is 11.6 Å². The predicted octanol–water partition coefficient (Wildman–Crippen LogP) is 1.36. The van der Waals surface area contributed by atoms with Crippen molar-refractivity contribution in [2.75, 3.05) is 13.6 Å². The van der Waals surface area contributed by atoms with Crippen molar-refractivity contribution in [3.8, 4) is 0 Å². The fourth-order valence-electron chi connectivity index (χ4n) is 1.63. The minimum atomic E-state index is -0.722. The van der Waals surface area contributed by atoms with E-state index in [-0.39, 0.29) is 24.6 Å². The van der Waals surface area contributed by atoms with E-state index < -0.39 is 17.7 Å². The number of rotatable bonds is 2. The van der Waals surface area contributed by atoms with Gasteiger partial charge in [0.25, 0.3) is 0 Å². The average Bonchev–Trinajstić information content (AvgIpc) is 2.50. The maximum Gasteiger partial charge on any atom is 0.327 e. The van der Waals surface area contributed by atoms with E-state index in [0.717, 1.165) is 17.0 Å². The Morgan fingerprint density at radius 2 is 2.00 bits per heavy atom. The van der Waals surface area contributed by atoms with Crippen LogP contribution in [0.25, 0.3) is 0 Å². The van der Waals surface area contributed by atoms with E-state index in [4.69, 9.17) is 0 Å². The van der Waals surface area contributed by atoms with Gasteiger partial charge in [0.2, 0.25) is 5.91 Å². The molecule has 0 aliphatic carbocycles. The molecule has 1 fully saturated rings. The van der Waals surface area contributed by atoms with Gasteiger partial charge in [0.15, 0.2) is 0 Å². The Hall–Kier alpha value is -1.98. The van der Waals surface area contributed by atoms with Crippen LogP contribution in [0.1, 0.15) is 5.56 Å². The van der Waals surface area contributed by atoms with Crippen molar-refractivity contribution in [1.29, 1.82) is 0 Å². The lowest BCUT2D eigenvalue weighted by atomic mass is 10.2. The molecule has 0 bridgehead atoms. The molecule has 0 aromatic heterocycles. The van der Waals surface area contributed by atoms with E-state index >= 15 is 0 Å². The fourth-order valence-corrected chi connectivity index (χ4v) is 1.63. The van der Waals surface area contributed by atoms with Crippen LogP contribution in [0.3, 0.4) is 0 Å². The molecule has 1 heterocycles. The van der Waals surface area contributed by atoms with Gasteiger partial charge in [0.1, 0.15) is 18.2 Å². The quantitative estimate of drug-likeness (QED) is 0.732. The molecule has 1 saturated heterocycles. The smallest absolute Gasteiger partial charge is 0.311 e. The van der Waals surface area contributed by atoms with E-state index in [1.165, 1.54) is 18.0 Å². The molecule has 2 rings (SSSR count). The van der Waals surface area contributed by atoms with Gasteiger partial charge in [-0.3, -0.25) is 9.69 Å². The van der Waals surface area contributed by atoms with Crippen molar-refractivity contribution < 1.29 is 18.4 Å². The third-order valence-corrected chi connectivity index (χ3v) is 2.63. The van der Waals surface area contributed by atoms with Gasteiger partial charge in [0, 0.05) is 18.7 Å². The summed E-state index contributed by atoms with van der Waals surface area (Å²) in [5.41, 5.74) is 0.183. The molecule has 0 radical (unpaired) electrons. The van der Waals surface area contributed by atoms with Crippen LogP contribution in [-0.2, 0) is 11.3 Å². The summed E-state index contributed by atoms with van der Waals surface area (Å²) in [4.78, 5) is 24.9. The second-order valence-corrected chi connectivity index (χ2v) is 3.83. The molecular weight excluding hydrogens is 230 g/mol. The first-order valence-electron chi connectivity index (χ1n) is 4.98. The van der Waals surface area contributed by atoms with E-state index in [1.54, 1.807) is 0 Å². The Morgan fingerprint density at radius 3 is 2.53 bits per heavy atom. The third kappa shape index (κ3) is 2.11. The average molecular weight is 240 g/mol. The standard InChI is InChI=1S/C11H10F2N2O2/c1-14-10(16)6-15(11(14)17)5-7-2-3-8(12)4-9(7)13/h2-4H,5-6H2,1H3. The number of halogens is 2. The third-order valence-electron chi connectivity index (χ3n) is 2.63. The van der Waals surface area contributed by atoms with E-state index in [0.29, 0.717) is 0 Å². The Kier molecular flexibility index (Phi) is 2.79. The van der Waals surface area contributed by atoms with Crippen molar-refractivity contribution >= 4 is 11.9 Å². The Bertz CT molecular complexity index is 490. The number of benzene rings is 1. The molecule has 0 unspecified atom stereocenters. The lowest BCUT2D eigenvalue weighted by molar-refractivity contribution is -0.124. The first-order valence-corrected chi connectivity index (χ1v) is 4.98. The van der Waals surface area contributed by atoms with E-state index in [2.05, 4.69) is 0 Å². The fraction of sp³-hybridized carbons (Fsp3) is 0.273. The number of carbonyl (C=O) groups excluding carboxylic acids is 2. The van der Waals surface area contributed by atoms with Crippen LogP contribution in [0.5, 0.6) is 0 Å². The van der Waals surface area contributed by atoms with E-state index in [9.17, 15) is 18.4 Å². The highest BCUT2D eigenvalue weighted by atomic mass is 19.1. The first-order chi connectivity index (χ1) is 7.99. The molecule has 1 aliphatic heterocycles. The molecule has 1 aromatic carbocycles. The number of carbonyl (C=O) groups is 2. The minimum absolute atomic E-state index is 0.0406. The number of nitrogens with zero attached hydrogens (tertiary/aromatic N) is 2. The van der Waals surface area contributed by atoms with Crippen LogP contribution in [0.4, 0.5) is 13.6 Å². The zero-order valence-electron chi connectivity index (χ0n) is 9.11. The largest absolute Gasteiger partial charge is 0.327 e. The lowest BCUT2D eigenvalue weighted by Crippen LogP contribution is -2.29. The highest BCUT2D eigenvalue weighted by molar-refractivity contribution is 6.01. The monoisotopic (exact) mass is 240 g/mol. The molecule has 17 heavy (non-hydrogen) atoms. The van der Waals surface area contributed by atoms with Crippen LogP contribution < -0.4 is 0 Å². The lowest BCUT2D eigenvalue weighted by Gasteiger charge is -2.15. The van der Waals surface area contributed by atoms with Crippen LogP contribution in [-0.4, -0.2) is 35.3 Å². The topological polar surface area (TPSA) is 40.6 Å². The molecule has 90 valence electrons. The van der Waals surface area contributed by atoms with Gasteiger partial charge >= 0.3 is 6.03 Å². The second kappa shape index (κ2) is 4.12. The number of urea groups is 1. The summed E-state index contributed by atoms with van der Waals surface area (Å²) in [6, 6.07) is 2.66. The molecule has 0 saturated carbocycles. The maximum absolute atomic E-state index is 13.3. The molecule has 3 amide bonds. The van der Waals surface area contributed by atoms with Gasteiger partial charge in [-0.15, -0.1) is 0 Å². The highest BCUT2D eigenvalue weighted by Crippen LogP contribution is 2.16. The zero-order chi connectivity index (χ0) is 12.6. The summed E-state index contributed by atoms with van der Waals surface area (Å²) < 4.78 is 26.0. The van der Waals surface area contributed by atoms with Crippen molar-refractivity contribution in [3.63, 3.8) is 0 Å². The zero-order valence-corrected chi connectivity index (χ0v) is 9.11. The van der Waals surface area contributed by atoms with Crippen LogP contribution >= 0.6 is 0 Å².